The fourth-order valence-electron chi connectivity index (χ4n) is 6.95. The number of ether oxygens (including phenoxy) is 1. The highest BCUT2D eigenvalue weighted by Gasteiger charge is 2.38. The molecule has 3 heterocycles. The van der Waals surface area contributed by atoms with Gasteiger partial charge in [-0.25, -0.2) is 4.79 Å². The third kappa shape index (κ3) is 7.06. The van der Waals surface area contributed by atoms with Crippen molar-refractivity contribution in [2.45, 2.75) is 71.7 Å². The minimum atomic E-state index is -4.60. The molecule has 15 heteroatoms. The number of hydrogen-bond acceptors (Lipinski definition) is 7. The highest BCUT2D eigenvalue weighted by atomic mass is 35.5. The van der Waals surface area contributed by atoms with E-state index in [-0.39, 0.29) is 40.4 Å². The van der Waals surface area contributed by atoms with Crippen molar-refractivity contribution < 1.29 is 32.3 Å². The zero-order valence-electron chi connectivity index (χ0n) is 27.7. The van der Waals surface area contributed by atoms with Crippen molar-refractivity contribution in [1.29, 1.82) is 0 Å². The summed E-state index contributed by atoms with van der Waals surface area (Å²) in [5.74, 6) is 0.00326. The number of ketones is 1. The highest BCUT2D eigenvalue weighted by molar-refractivity contribution is 6.33. The number of halogens is 4. The third-order valence-electron chi connectivity index (χ3n) is 9.20. The first-order chi connectivity index (χ1) is 23.0. The molecule has 1 aromatic carbocycles. The highest BCUT2D eigenvalue weighted by Crippen LogP contribution is 2.44. The topological polar surface area (TPSA) is 118 Å². The van der Waals surface area contributed by atoms with Crippen LogP contribution in [-0.4, -0.2) is 68.6 Å². The van der Waals surface area contributed by atoms with Gasteiger partial charge in [0.25, 0.3) is 5.56 Å². The van der Waals surface area contributed by atoms with E-state index in [0.717, 1.165) is 23.8 Å². The summed E-state index contributed by atoms with van der Waals surface area (Å²) in [5, 5.41) is 7.06. The van der Waals surface area contributed by atoms with Gasteiger partial charge in [0.2, 0.25) is 5.91 Å². The maximum atomic E-state index is 14.2. The number of piperazine rings is 1. The van der Waals surface area contributed by atoms with Gasteiger partial charge in [-0.2, -0.15) is 22.8 Å². The molecule has 2 atom stereocenters. The Labute approximate surface area is 285 Å². The Bertz CT molecular complexity index is 1920. The number of nitrogens with zero attached hydrogens (tertiary/aromatic N) is 5. The molecule has 11 nitrogen and oxygen atoms in total. The van der Waals surface area contributed by atoms with Gasteiger partial charge in [-0.1, -0.05) is 24.6 Å². The number of hydrogen-bond donors (Lipinski definition) is 1. The van der Waals surface area contributed by atoms with Crippen molar-refractivity contribution in [3.63, 3.8) is 0 Å². The first-order valence-corrected chi connectivity index (χ1v) is 16.7. The molecular formula is C34H38ClF3N6O5. The number of benzene rings is 1. The van der Waals surface area contributed by atoms with Crippen LogP contribution in [0.15, 0.2) is 35.1 Å². The summed E-state index contributed by atoms with van der Waals surface area (Å²) in [6.45, 7) is 8.22. The van der Waals surface area contributed by atoms with Gasteiger partial charge >= 0.3 is 12.3 Å². The van der Waals surface area contributed by atoms with Crippen LogP contribution in [0, 0.1) is 11.8 Å². The first-order valence-electron chi connectivity index (χ1n) is 16.3. The van der Waals surface area contributed by atoms with Gasteiger partial charge in [-0.05, 0) is 69.2 Å². The standard InChI is InChI=1S/C34H38ClF3N6O5/c1-5-27-30(41-8-10-42(11-9-41)32(48)49-33(2,3)4)31(47)44-29(17-26(40-44)21-12-19-14-23(45)15-20(19)13-21)43(27)18-28(46)39-25-7-6-22(16-24(25)35)34(36,37)38/h6-7,12,16-17,19-20H,5,8-11,13-15,18H2,1-4H3,(H,39,46). The number of allylic oxidation sites excluding steroid dienone is 2. The molecule has 1 saturated carbocycles. The average molecular weight is 703 g/mol. The summed E-state index contributed by atoms with van der Waals surface area (Å²) >= 11 is 6.13. The van der Waals surface area contributed by atoms with Crippen LogP contribution in [-0.2, 0) is 33.5 Å². The van der Waals surface area contributed by atoms with Crippen molar-refractivity contribution in [2.24, 2.45) is 11.8 Å². The molecule has 3 aliphatic rings. The van der Waals surface area contributed by atoms with Crippen LogP contribution < -0.4 is 15.8 Å². The van der Waals surface area contributed by atoms with E-state index in [1.165, 1.54) is 4.52 Å². The number of alkyl halides is 3. The second kappa shape index (κ2) is 12.8. The Balaban J connectivity index is 1.36. The number of carbonyl (C=O) groups is 3. The Morgan fingerprint density at radius 1 is 1.04 bits per heavy atom. The molecule has 0 bridgehead atoms. The van der Waals surface area contributed by atoms with E-state index in [1.54, 1.807) is 36.3 Å². The summed E-state index contributed by atoms with van der Waals surface area (Å²) in [7, 11) is 0. The van der Waals surface area contributed by atoms with Crippen LogP contribution in [0.2, 0.25) is 5.02 Å². The predicted molar refractivity (Wildman–Crippen MR) is 178 cm³/mol. The molecule has 2 fully saturated rings. The molecule has 3 aromatic rings. The number of carbonyl (C=O) groups excluding carboxylic acids is 3. The second-order valence-electron chi connectivity index (χ2n) is 13.8. The van der Waals surface area contributed by atoms with E-state index in [1.807, 2.05) is 11.8 Å². The van der Waals surface area contributed by atoms with Gasteiger partial charge in [-0.3, -0.25) is 14.4 Å². The molecule has 262 valence electrons. The lowest BCUT2D eigenvalue weighted by Crippen LogP contribution is -2.51. The number of rotatable bonds is 6. The number of fused-ring (bicyclic) bond motifs is 2. The van der Waals surface area contributed by atoms with Gasteiger partial charge in [0.1, 0.15) is 29.3 Å². The summed E-state index contributed by atoms with van der Waals surface area (Å²) in [6.07, 6.45) is -0.970. The number of Topliss-reactive ketones (excluding diaryl/α,β-unsaturated/α-hetero) is 1. The van der Waals surface area contributed by atoms with Crippen LogP contribution >= 0.6 is 11.6 Å². The molecule has 2 aromatic heterocycles. The lowest BCUT2D eigenvalue weighted by molar-refractivity contribution is -0.137. The zero-order valence-corrected chi connectivity index (χ0v) is 28.5. The van der Waals surface area contributed by atoms with Crippen molar-refractivity contribution in [3.05, 3.63) is 62.7 Å². The van der Waals surface area contributed by atoms with Crippen LogP contribution in [0.4, 0.5) is 29.3 Å². The predicted octanol–water partition coefficient (Wildman–Crippen LogP) is 5.81. The molecule has 2 unspecified atom stereocenters. The van der Waals surface area contributed by atoms with Crippen LogP contribution in [0.3, 0.4) is 0 Å². The van der Waals surface area contributed by atoms with E-state index in [0.29, 0.717) is 74.6 Å². The quantitative estimate of drug-likeness (QED) is 0.345. The van der Waals surface area contributed by atoms with Crippen LogP contribution in [0.25, 0.3) is 11.2 Å². The monoisotopic (exact) mass is 702 g/mol. The molecule has 6 rings (SSSR count). The molecule has 49 heavy (non-hydrogen) atoms. The number of nitrogens with one attached hydrogen (secondary N) is 1. The summed E-state index contributed by atoms with van der Waals surface area (Å²) in [4.78, 5) is 56.0. The first kappa shape index (κ1) is 34.5. The van der Waals surface area contributed by atoms with Gasteiger partial charge in [0.05, 0.1) is 22.0 Å². The molecular weight excluding hydrogens is 665 g/mol. The fraction of sp³-hybridized carbons (Fsp3) is 0.500. The molecule has 2 amide bonds. The Kier molecular flexibility index (Phi) is 9.05. The fourth-order valence-corrected chi connectivity index (χ4v) is 7.18. The van der Waals surface area contributed by atoms with E-state index in [4.69, 9.17) is 21.4 Å². The maximum absolute atomic E-state index is 14.2. The average Bonchev–Trinajstić information content (AvgIpc) is 3.71. The van der Waals surface area contributed by atoms with Crippen molar-refractivity contribution in [3.8, 4) is 0 Å². The molecule has 2 aliphatic carbocycles. The zero-order chi connectivity index (χ0) is 35.4. The Morgan fingerprint density at radius 3 is 2.37 bits per heavy atom. The van der Waals surface area contributed by atoms with E-state index < -0.39 is 29.3 Å². The lowest BCUT2D eigenvalue weighted by atomic mass is 9.99. The summed E-state index contributed by atoms with van der Waals surface area (Å²) in [6, 6.07) is 4.46. The van der Waals surface area contributed by atoms with Crippen molar-refractivity contribution in [1.82, 2.24) is 19.1 Å². The van der Waals surface area contributed by atoms with Crippen molar-refractivity contribution >= 4 is 52.0 Å². The van der Waals surface area contributed by atoms with Gasteiger partial charge in [0.15, 0.2) is 0 Å². The van der Waals surface area contributed by atoms with Gasteiger partial charge in [-0.15, -0.1) is 0 Å². The number of anilines is 2. The normalized spacial score (nSPS) is 19.8. The second-order valence-corrected chi connectivity index (χ2v) is 14.2. The summed E-state index contributed by atoms with van der Waals surface area (Å²) < 4.78 is 48.1. The minimum Gasteiger partial charge on any atom is -0.444 e. The van der Waals surface area contributed by atoms with E-state index in [2.05, 4.69) is 11.4 Å². The number of aromatic nitrogens is 3. The van der Waals surface area contributed by atoms with Gasteiger partial charge in [0, 0.05) is 50.8 Å². The van der Waals surface area contributed by atoms with E-state index >= 15 is 0 Å². The van der Waals surface area contributed by atoms with Gasteiger partial charge < -0.3 is 24.4 Å². The van der Waals surface area contributed by atoms with Crippen molar-refractivity contribution in [2.75, 3.05) is 36.4 Å². The molecule has 0 radical (unpaired) electrons. The number of amides is 2. The molecule has 1 N–H and O–H groups in total. The smallest absolute Gasteiger partial charge is 0.416 e. The maximum Gasteiger partial charge on any atom is 0.416 e. The minimum absolute atomic E-state index is 0.0136. The van der Waals surface area contributed by atoms with E-state index in [9.17, 15) is 32.3 Å². The molecule has 0 spiro atoms. The Hall–Kier alpha value is -4.33. The van der Waals surface area contributed by atoms with Crippen LogP contribution in [0.5, 0.6) is 0 Å². The third-order valence-corrected chi connectivity index (χ3v) is 9.51. The van der Waals surface area contributed by atoms with Crippen LogP contribution in [0.1, 0.15) is 63.9 Å². The molecule has 1 saturated heterocycles. The molecule has 1 aliphatic heterocycles. The largest absolute Gasteiger partial charge is 0.444 e. The lowest BCUT2D eigenvalue weighted by Gasteiger charge is -2.37. The Morgan fingerprint density at radius 2 is 1.76 bits per heavy atom. The SMILES string of the molecule is CCc1c(N2CCN(C(=O)OC(C)(C)C)CC2)c(=O)n2nc(C3=CC4CC(=O)CC4C3)cc2n1CC(=O)Nc1ccc(C(F)(F)F)cc1Cl. The summed E-state index contributed by atoms with van der Waals surface area (Å²) in [5.41, 5.74) is 0.827.